The minimum Gasteiger partial charge on any atom is -0.490 e. The fourth-order valence-corrected chi connectivity index (χ4v) is 2.48. The van der Waals surface area contributed by atoms with Gasteiger partial charge in [0.15, 0.2) is 0 Å². The Hall–Kier alpha value is -1.62. The predicted molar refractivity (Wildman–Crippen MR) is 71.4 cm³/mol. The van der Waals surface area contributed by atoms with Crippen molar-refractivity contribution >= 4 is 5.69 Å². The highest BCUT2D eigenvalue weighted by molar-refractivity contribution is 5.42. The molecule has 1 N–H and O–H groups in total. The largest absolute Gasteiger partial charge is 0.490 e. The van der Waals surface area contributed by atoms with Crippen LogP contribution in [0.1, 0.15) is 37.7 Å². The Morgan fingerprint density at radius 3 is 2.63 bits per heavy atom. The number of ether oxygens (including phenoxy) is 1. The maximum Gasteiger partial charge on any atom is 0.269 e. The van der Waals surface area contributed by atoms with Gasteiger partial charge < -0.3 is 9.84 Å². The Labute approximate surface area is 112 Å². The summed E-state index contributed by atoms with van der Waals surface area (Å²) in [5.74, 6) is 0.601. The number of benzene rings is 1. The van der Waals surface area contributed by atoms with E-state index in [0.29, 0.717) is 11.3 Å². The molecule has 1 aliphatic rings. The molecule has 0 unspecified atom stereocenters. The molecule has 0 atom stereocenters. The molecule has 0 spiro atoms. The second-order valence-corrected chi connectivity index (χ2v) is 5.28. The number of hydrogen-bond acceptors (Lipinski definition) is 4. The SMILES string of the molecule is Cc1cc([N+](=O)[O-])ccc1OCC1(O)CCCCC1. The second-order valence-electron chi connectivity index (χ2n) is 5.28. The van der Waals surface area contributed by atoms with Crippen LogP contribution in [0.15, 0.2) is 18.2 Å². The molecule has 1 fully saturated rings. The summed E-state index contributed by atoms with van der Waals surface area (Å²) in [6.07, 6.45) is 4.75. The molecule has 0 radical (unpaired) electrons. The van der Waals surface area contributed by atoms with Gasteiger partial charge in [0.25, 0.3) is 5.69 Å². The summed E-state index contributed by atoms with van der Waals surface area (Å²) in [6.45, 7) is 2.03. The lowest BCUT2D eigenvalue weighted by atomic mass is 9.85. The minimum atomic E-state index is -0.744. The van der Waals surface area contributed by atoms with Gasteiger partial charge in [-0.3, -0.25) is 10.1 Å². The van der Waals surface area contributed by atoms with E-state index in [0.717, 1.165) is 25.7 Å². The van der Waals surface area contributed by atoms with Gasteiger partial charge in [0, 0.05) is 12.1 Å². The lowest BCUT2D eigenvalue weighted by molar-refractivity contribution is -0.384. The van der Waals surface area contributed by atoms with Crippen LogP contribution in [0.3, 0.4) is 0 Å². The van der Waals surface area contributed by atoms with Crippen molar-refractivity contribution in [2.75, 3.05) is 6.61 Å². The van der Waals surface area contributed by atoms with Crippen molar-refractivity contribution < 1.29 is 14.8 Å². The van der Waals surface area contributed by atoms with Gasteiger partial charge in [-0.15, -0.1) is 0 Å². The lowest BCUT2D eigenvalue weighted by Gasteiger charge is -2.31. The second kappa shape index (κ2) is 5.57. The maximum absolute atomic E-state index is 10.6. The molecule has 104 valence electrons. The van der Waals surface area contributed by atoms with E-state index < -0.39 is 10.5 Å². The summed E-state index contributed by atoms with van der Waals surface area (Å²) >= 11 is 0. The van der Waals surface area contributed by atoms with E-state index in [4.69, 9.17) is 4.74 Å². The van der Waals surface area contributed by atoms with Gasteiger partial charge in [-0.1, -0.05) is 19.3 Å². The average Bonchev–Trinajstić information content (AvgIpc) is 2.38. The number of hydrogen-bond donors (Lipinski definition) is 1. The molecule has 0 aromatic heterocycles. The molecular weight excluding hydrogens is 246 g/mol. The normalized spacial score (nSPS) is 18.0. The molecule has 5 nitrogen and oxygen atoms in total. The Morgan fingerprint density at radius 1 is 1.37 bits per heavy atom. The highest BCUT2D eigenvalue weighted by atomic mass is 16.6. The molecule has 19 heavy (non-hydrogen) atoms. The van der Waals surface area contributed by atoms with Crippen LogP contribution in [-0.4, -0.2) is 22.2 Å². The lowest BCUT2D eigenvalue weighted by Crippen LogP contribution is -2.38. The third-order valence-corrected chi connectivity index (χ3v) is 3.65. The molecule has 0 aliphatic heterocycles. The van der Waals surface area contributed by atoms with Crippen molar-refractivity contribution in [1.29, 1.82) is 0 Å². The summed E-state index contributed by atoms with van der Waals surface area (Å²) in [5, 5.41) is 21.0. The highest BCUT2D eigenvalue weighted by Crippen LogP contribution is 2.30. The first-order valence-corrected chi connectivity index (χ1v) is 6.60. The van der Waals surface area contributed by atoms with E-state index in [1.165, 1.54) is 18.6 Å². The molecule has 0 amide bonds. The van der Waals surface area contributed by atoms with Crippen LogP contribution in [0.4, 0.5) is 5.69 Å². The van der Waals surface area contributed by atoms with Crippen molar-refractivity contribution in [2.45, 2.75) is 44.6 Å². The molecule has 5 heteroatoms. The Balaban J connectivity index is 2.01. The van der Waals surface area contributed by atoms with Gasteiger partial charge in [-0.25, -0.2) is 0 Å². The van der Waals surface area contributed by atoms with Gasteiger partial charge in [0.2, 0.25) is 0 Å². The number of rotatable bonds is 4. The zero-order chi connectivity index (χ0) is 13.9. The first-order valence-electron chi connectivity index (χ1n) is 6.60. The summed E-state index contributed by atoms with van der Waals surface area (Å²) in [7, 11) is 0. The van der Waals surface area contributed by atoms with Crippen LogP contribution < -0.4 is 4.74 Å². The summed E-state index contributed by atoms with van der Waals surface area (Å²) in [6, 6.07) is 4.51. The molecular formula is C14H19NO4. The smallest absolute Gasteiger partial charge is 0.269 e. The summed E-state index contributed by atoms with van der Waals surface area (Å²) < 4.78 is 5.64. The molecule has 1 aromatic carbocycles. The van der Waals surface area contributed by atoms with Gasteiger partial charge in [-0.2, -0.15) is 0 Å². The molecule has 0 heterocycles. The van der Waals surface area contributed by atoms with Crippen molar-refractivity contribution in [3.63, 3.8) is 0 Å². The molecule has 2 rings (SSSR count). The number of non-ortho nitro benzene ring substituents is 1. The standard InChI is InChI=1S/C14H19NO4/c1-11-9-12(15(17)18)5-6-13(11)19-10-14(16)7-3-2-4-8-14/h5-6,9,16H,2-4,7-8,10H2,1H3. The molecule has 1 aromatic rings. The number of nitrogens with zero attached hydrogens (tertiary/aromatic N) is 1. The van der Waals surface area contributed by atoms with Crippen molar-refractivity contribution in [3.05, 3.63) is 33.9 Å². The average molecular weight is 265 g/mol. The van der Waals surface area contributed by atoms with Gasteiger partial charge in [0.05, 0.1) is 10.5 Å². The van der Waals surface area contributed by atoms with Crippen molar-refractivity contribution in [3.8, 4) is 5.75 Å². The van der Waals surface area contributed by atoms with Crippen LogP contribution in [0.5, 0.6) is 5.75 Å². The number of nitro groups is 1. The third kappa shape index (κ3) is 3.44. The summed E-state index contributed by atoms with van der Waals surface area (Å²) in [5.41, 5.74) is 0.0294. The first kappa shape index (κ1) is 13.8. The van der Waals surface area contributed by atoms with Crippen LogP contribution in [0.2, 0.25) is 0 Å². The molecule has 1 aliphatic carbocycles. The predicted octanol–water partition coefficient (Wildman–Crippen LogP) is 2.98. The topological polar surface area (TPSA) is 72.6 Å². The molecule has 0 bridgehead atoms. The van der Waals surface area contributed by atoms with Gasteiger partial charge in [0.1, 0.15) is 12.4 Å². The van der Waals surface area contributed by atoms with E-state index in [2.05, 4.69) is 0 Å². The van der Waals surface area contributed by atoms with E-state index in [-0.39, 0.29) is 12.3 Å². The van der Waals surface area contributed by atoms with Crippen LogP contribution in [-0.2, 0) is 0 Å². The fraction of sp³-hybridized carbons (Fsp3) is 0.571. The van der Waals surface area contributed by atoms with Crippen LogP contribution in [0, 0.1) is 17.0 Å². The van der Waals surface area contributed by atoms with Crippen molar-refractivity contribution in [2.24, 2.45) is 0 Å². The number of aryl methyl sites for hydroxylation is 1. The molecule has 1 saturated carbocycles. The highest BCUT2D eigenvalue weighted by Gasteiger charge is 2.30. The monoisotopic (exact) mass is 265 g/mol. The summed E-state index contributed by atoms with van der Waals surface area (Å²) in [4.78, 5) is 10.2. The van der Waals surface area contributed by atoms with Gasteiger partial charge in [-0.05, 0) is 31.4 Å². The zero-order valence-electron chi connectivity index (χ0n) is 11.1. The Bertz CT molecular complexity index is 467. The number of nitro benzene ring substituents is 1. The van der Waals surface area contributed by atoms with E-state index in [1.807, 2.05) is 0 Å². The van der Waals surface area contributed by atoms with Gasteiger partial charge >= 0.3 is 0 Å². The zero-order valence-corrected chi connectivity index (χ0v) is 11.1. The van der Waals surface area contributed by atoms with Crippen LogP contribution >= 0.6 is 0 Å². The van der Waals surface area contributed by atoms with E-state index in [1.54, 1.807) is 13.0 Å². The van der Waals surface area contributed by atoms with Crippen molar-refractivity contribution in [1.82, 2.24) is 0 Å². The fourth-order valence-electron chi connectivity index (χ4n) is 2.48. The third-order valence-electron chi connectivity index (χ3n) is 3.65. The van der Waals surface area contributed by atoms with Crippen LogP contribution in [0.25, 0.3) is 0 Å². The van der Waals surface area contributed by atoms with E-state index >= 15 is 0 Å². The number of aliphatic hydroxyl groups is 1. The Kier molecular flexibility index (Phi) is 4.04. The minimum absolute atomic E-state index is 0.0567. The molecule has 0 saturated heterocycles. The Morgan fingerprint density at radius 2 is 2.05 bits per heavy atom. The maximum atomic E-state index is 10.6. The quantitative estimate of drug-likeness (QED) is 0.671. The first-order chi connectivity index (χ1) is 9.00. The van der Waals surface area contributed by atoms with E-state index in [9.17, 15) is 15.2 Å².